The Morgan fingerprint density at radius 1 is 1.47 bits per heavy atom. The molecule has 3 rings (SSSR count). The van der Waals surface area contributed by atoms with E-state index in [2.05, 4.69) is 9.88 Å². The first-order valence-electron chi connectivity index (χ1n) is 5.81. The summed E-state index contributed by atoms with van der Waals surface area (Å²) in [4.78, 5) is 6.76. The number of rotatable bonds is 1. The van der Waals surface area contributed by atoms with E-state index in [0.29, 0.717) is 0 Å². The van der Waals surface area contributed by atoms with Crippen molar-refractivity contribution in [2.24, 2.45) is 12.8 Å². The van der Waals surface area contributed by atoms with Crippen molar-refractivity contribution < 1.29 is 5.11 Å². The standard InChI is InChI=1S/C12H16N4O/c1-15-11-3-2-9(17)6-10(11)14-12(15)16-5-4-8(13)7-16/h2-3,6,8,17H,4-5,7,13H2,1H3. The van der Waals surface area contributed by atoms with Crippen LogP contribution in [0, 0.1) is 0 Å². The average Bonchev–Trinajstić information content (AvgIpc) is 2.83. The van der Waals surface area contributed by atoms with E-state index in [1.54, 1.807) is 12.1 Å². The fraction of sp³-hybridized carbons (Fsp3) is 0.417. The highest BCUT2D eigenvalue weighted by atomic mass is 16.3. The van der Waals surface area contributed by atoms with Crippen LogP contribution in [0.15, 0.2) is 18.2 Å². The van der Waals surface area contributed by atoms with Crippen molar-refractivity contribution in [2.45, 2.75) is 12.5 Å². The van der Waals surface area contributed by atoms with Crippen molar-refractivity contribution in [1.82, 2.24) is 9.55 Å². The highest BCUT2D eigenvalue weighted by Crippen LogP contribution is 2.26. The predicted molar refractivity (Wildman–Crippen MR) is 67.2 cm³/mol. The van der Waals surface area contributed by atoms with E-state index >= 15 is 0 Å². The molecule has 0 radical (unpaired) electrons. The van der Waals surface area contributed by atoms with Crippen LogP contribution in [0.25, 0.3) is 11.0 Å². The molecule has 0 saturated carbocycles. The SMILES string of the molecule is Cn1c(N2CCC(N)C2)nc2cc(O)ccc21. The first kappa shape index (κ1) is 10.4. The van der Waals surface area contributed by atoms with Crippen molar-refractivity contribution in [3.63, 3.8) is 0 Å². The van der Waals surface area contributed by atoms with Gasteiger partial charge in [0.1, 0.15) is 5.75 Å². The lowest BCUT2D eigenvalue weighted by atomic mass is 10.3. The molecule has 90 valence electrons. The molecule has 1 atom stereocenters. The number of anilines is 1. The summed E-state index contributed by atoms with van der Waals surface area (Å²) >= 11 is 0. The van der Waals surface area contributed by atoms with E-state index in [4.69, 9.17) is 5.73 Å². The summed E-state index contributed by atoms with van der Waals surface area (Å²) < 4.78 is 2.05. The molecule has 2 aromatic rings. The first-order chi connectivity index (χ1) is 8.15. The number of aryl methyl sites for hydroxylation is 1. The van der Waals surface area contributed by atoms with Gasteiger partial charge >= 0.3 is 0 Å². The molecule has 17 heavy (non-hydrogen) atoms. The van der Waals surface area contributed by atoms with Gasteiger partial charge in [-0.3, -0.25) is 0 Å². The van der Waals surface area contributed by atoms with Gasteiger partial charge in [-0.05, 0) is 18.6 Å². The van der Waals surface area contributed by atoms with Crippen LogP contribution < -0.4 is 10.6 Å². The summed E-state index contributed by atoms with van der Waals surface area (Å²) in [7, 11) is 1.99. The van der Waals surface area contributed by atoms with Crippen LogP contribution in [0.5, 0.6) is 5.75 Å². The number of hydrogen-bond donors (Lipinski definition) is 2. The van der Waals surface area contributed by atoms with Crippen molar-refractivity contribution >= 4 is 17.0 Å². The Labute approximate surface area is 99.5 Å². The van der Waals surface area contributed by atoms with Crippen molar-refractivity contribution in [2.75, 3.05) is 18.0 Å². The Balaban J connectivity index is 2.08. The molecule has 1 aromatic heterocycles. The zero-order chi connectivity index (χ0) is 12.0. The molecule has 0 bridgehead atoms. The topological polar surface area (TPSA) is 67.3 Å². The minimum absolute atomic E-state index is 0.239. The van der Waals surface area contributed by atoms with Gasteiger partial charge in [0.15, 0.2) is 0 Å². The second kappa shape index (κ2) is 3.63. The Morgan fingerprint density at radius 2 is 2.29 bits per heavy atom. The van der Waals surface area contributed by atoms with E-state index in [0.717, 1.165) is 36.5 Å². The van der Waals surface area contributed by atoms with Crippen molar-refractivity contribution in [3.8, 4) is 5.75 Å². The first-order valence-corrected chi connectivity index (χ1v) is 5.81. The summed E-state index contributed by atoms with van der Waals surface area (Å²) in [5.41, 5.74) is 7.76. The molecular weight excluding hydrogens is 216 g/mol. The Bertz CT molecular complexity index is 563. The number of nitrogens with two attached hydrogens (primary N) is 1. The lowest BCUT2D eigenvalue weighted by Gasteiger charge is -2.16. The second-order valence-corrected chi connectivity index (χ2v) is 4.64. The third-order valence-electron chi connectivity index (χ3n) is 3.35. The van der Waals surface area contributed by atoms with Crippen LogP contribution in [-0.2, 0) is 7.05 Å². The average molecular weight is 232 g/mol. The molecule has 3 N–H and O–H groups in total. The molecule has 0 spiro atoms. The zero-order valence-corrected chi connectivity index (χ0v) is 9.80. The number of fused-ring (bicyclic) bond motifs is 1. The van der Waals surface area contributed by atoms with Gasteiger partial charge in [0.2, 0.25) is 5.95 Å². The molecule has 0 amide bonds. The van der Waals surface area contributed by atoms with Crippen LogP contribution in [-0.4, -0.2) is 33.8 Å². The van der Waals surface area contributed by atoms with Gasteiger partial charge in [0.05, 0.1) is 11.0 Å². The maximum absolute atomic E-state index is 9.45. The number of aromatic nitrogens is 2. The molecule has 0 aliphatic carbocycles. The van der Waals surface area contributed by atoms with Gasteiger partial charge in [0.25, 0.3) is 0 Å². The fourth-order valence-electron chi connectivity index (χ4n) is 2.43. The molecule has 1 unspecified atom stereocenters. The highest BCUT2D eigenvalue weighted by molar-refractivity contribution is 5.80. The molecule has 5 heteroatoms. The molecule has 2 heterocycles. The van der Waals surface area contributed by atoms with Crippen LogP contribution in [0.2, 0.25) is 0 Å². The molecule has 1 aromatic carbocycles. The van der Waals surface area contributed by atoms with Gasteiger partial charge in [-0.25, -0.2) is 4.98 Å². The van der Waals surface area contributed by atoms with Gasteiger partial charge in [-0.1, -0.05) is 0 Å². The van der Waals surface area contributed by atoms with E-state index in [1.165, 1.54) is 0 Å². The van der Waals surface area contributed by atoms with E-state index in [9.17, 15) is 5.11 Å². The third-order valence-corrected chi connectivity index (χ3v) is 3.35. The van der Waals surface area contributed by atoms with E-state index in [-0.39, 0.29) is 11.8 Å². The number of hydrogen-bond acceptors (Lipinski definition) is 4. The number of imidazole rings is 1. The Morgan fingerprint density at radius 3 is 3.00 bits per heavy atom. The molecule has 1 aliphatic heterocycles. The third kappa shape index (κ3) is 1.63. The molecule has 1 saturated heterocycles. The smallest absolute Gasteiger partial charge is 0.206 e. The number of phenolic OH excluding ortho intramolecular Hbond substituents is 1. The minimum Gasteiger partial charge on any atom is -0.508 e. The van der Waals surface area contributed by atoms with Crippen molar-refractivity contribution in [3.05, 3.63) is 18.2 Å². The second-order valence-electron chi connectivity index (χ2n) is 4.64. The summed E-state index contributed by atoms with van der Waals surface area (Å²) in [5, 5.41) is 9.45. The van der Waals surface area contributed by atoms with E-state index in [1.807, 2.05) is 17.7 Å². The highest BCUT2D eigenvalue weighted by Gasteiger charge is 2.23. The normalized spacial score (nSPS) is 20.4. The zero-order valence-electron chi connectivity index (χ0n) is 9.80. The summed E-state index contributed by atoms with van der Waals surface area (Å²) in [6.07, 6.45) is 1.01. The van der Waals surface area contributed by atoms with Crippen LogP contribution in [0.4, 0.5) is 5.95 Å². The van der Waals surface area contributed by atoms with Crippen LogP contribution in [0.1, 0.15) is 6.42 Å². The van der Waals surface area contributed by atoms with Crippen molar-refractivity contribution in [1.29, 1.82) is 0 Å². The lowest BCUT2D eigenvalue weighted by molar-refractivity contribution is 0.476. The number of benzene rings is 1. The molecular formula is C12H16N4O. The lowest BCUT2D eigenvalue weighted by Crippen LogP contribution is -2.28. The molecule has 5 nitrogen and oxygen atoms in total. The number of nitrogens with zero attached hydrogens (tertiary/aromatic N) is 3. The summed E-state index contributed by atoms with van der Waals surface area (Å²) in [5.74, 6) is 1.18. The number of phenols is 1. The van der Waals surface area contributed by atoms with Gasteiger partial charge in [0, 0.05) is 32.2 Å². The minimum atomic E-state index is 0.239. The largest absolute Gasteiger partial charge is 0.508 e. The van der Waals surface area contributed by atoms with E-state index < -0.39 is 0 Å². The molecule has 1 aliphatic rings. The van der Waals surface area contributed by atoms with Crippen LogP contribution >= 0.6 is 0 Å². The maximum Gasteiger partial charge on any atom is 0.206 e. The van der Waals surface area contributed by atoms with Gasteiger partial charge in [-0.2, -0.15) is 0 Å². The summed E-state index contributed by atoms with van der Waals surface area (Å²) in [6.45, 7) is 1.80. The number of aromatic hydroxyl groups is 1. The maximum atomic E-state index is 9.45. The quantitative estimate of drug-likeness (QED) is 0.763. The summed E-state index contributed by atoms with van der Waals surface area (Å²) in [6, 6.07) is 5.50. The predicted octanol–water partition coefficient (Wildman–Crippen LogP) is 0.816. The van der Waals surface area contributed by atoms with Crippen LogP contribution in [0.3, 0.4) is 0 Å². The fourth-order valence-corrected chi connectivity index (χ4v) is 2.43. The van der Waals surface area contributed by atoms with Gasteiger partial charge in [-0.15, -0.1) is 0 Å². The monoisotopic (exact) mass is 232 g/mol. The van der Waals surface area contributed by atoms with Gasteiger partial charge < -0.3 is 20.3 Å². The Hall–Kier alpha value is -1.75. The Kier molecular flexibility index (Phi) is 2.22. The molecule has 1 fully saturated rings.